The van der Waals surface area contributed by atoms with E-state index in [9.17, 15) is 19.7 Å². The lowest BCUT2D eigenvalue weighted by atomic mass is 9.71. The number of nitro groups is 1. The second-order valence-corrected chi connectivity index (χ2v) is 10.6. The number of non-ortho nitro benzene ring substituents is 1. The number of carbonyl (C=O) groups is 2. The predicted octanol–water partition coefficient (Wildman–Crippen LogP) is 6.38. The van der Waals surface area contributed by atoms with Crippen LogP contribution in [0, 0.1) is 10.1 Å². The average molecular weight is 581 g/mol. The van der Waals surface area contributed by atoms with Crippen molar-refractivity contribution in [2.45, 2.75) is 58.0 Å². The molecule has 0 fully saturated rings. The molecule has 0 saturated heterocycles. The first kappa shape index (κ1) is 26.2. The summed E-state index contributed by atoms with van der Waals surface area (Å²) in [5, 5.41) is 11.2. The van der Waals surface area contributed by atoms with Crippen LogP contribution in [0.25, 0.3) is 0 Å². The van der Waals surface area contributed by atoms with Gasteiger partial charge >= 0.3 is 0 Å². The van der Waals surface area contributed by atoms with Crippen LogP contribution in [0.1, 0.15) is 62.5 Å². The normalized spacial score (nSPS) is 17.9. The Kier molecular flexibility index (Phi) is 7.38. The number of allylic oxidation sites excluding steroid dienone is 4. The van der Waals surface area contributed by atoms with Crippen molar-refractivity contribution >= 4 is 33.2 Å². The molecule has 0 amide bonds. The SMILES string of the molecule is CCOc1cc(C2C3=C(CCCC3=O)N(C)C3=C2C(=O)CCC3)cc(Br)c1OCc1cccc([N+](=O)[O-])c1. The number of hydrogen-bond acceptors (Lipinski definition) is 7. The Morgan fingerprint density at radius 2 is 1.66 bits per heavy atom. The zero-order chi connectivity index (χ0) is 27.0. The summed E-state index contributed by atoms with van der Waals surface area (Å²) in [5.41, 5.74) is 4.91. The van der Waals surface area contributed by atoms with Crippen LogP contribution in [0.3, 0.4) is 0 Å². The zero-order valence-corrected chi connectivity index (χ0v) is 23.0. The van der Waals surface area contributed by atoms with Gasteiger partial charge in [-0.05, 0) is 71.8 Å². The monoisotopic (exact) mass is 580 g/mol. The number of carbonyl (C=O) groups excluding carboxylic acids is 2. The second kappa shape index (κ2) is 10.7. The molecule has 1 aliphatic heterocycles. The minimum absolute atomic E-state index is 0.00438. The maximum atomic E-state index is 13.3. The Bertz CT molecular complexity index is 1350. The quantitative estimate of drug-likeness (QED) is 0.277. The van der Waals surface area contributed by atoms with Crippen molar-refractivity contribution < 1.29 is 24.0 Å². The first-order chi connectivity index (χ1) is 18.3. The largest absolute Gasteiger partial charge is 0.490 e. The van der Waals surface area contributed by atoms with Crippen LogP contribution in [0.5, 0.6) is 11.5 Å². The summed E-state index contributed by atoms with van der Waals surface area (Å²) in [7, 11) is 1.98. The molecule has 2 aromatic rings. The highest BCUT2D eigenvalue weighted by molar-refractivity contribution is 9.10. The molecule has 0 bridgehead atoms. The van der Waals surface area contributed by atoms with Crippen LogP contribution >= 0.6 is 15.9 Å². The molecule has 0 atom stereocenters. The molecular formula is C29H29BrN2O6. The molecule has 0 saturated carbocycles. The standard InChI is InChI=1S/C29H29BrN2O6/c1-3-37-25-15-18(14-20(30)29(25)38-16-17-7-4-8-19(13-17)32(35)36)26-27-21(9-5-11-23(27)33)31(2)22-10-6-12-24(34)28(22)26/h4,7-8,13-15,26H,3,5-6,9-12,16H2,1-2H3. The number of ketones is 2. The fourth-order valence-electron chi connectivity index (χ4n) is 5.76. The maximum Gasteiger partial charge on any atom is 0.269 e. The molecule has 9 heteroatoms. The van der Waals surface area contributed by atoms with Gasteiger partial charge in [-0.3, -0.25) is 19.7 Å². The van der Waals surface area contributed by atoms with E-state index < -0.39 is 10.8 Å². The molecule has 2 aromatic carbocycles. The minimum Gasteiger partial charge on any atom is -0.490 e. The molecule has 198 valence electrons. The van der Waals surface area contributed by atoms with Crippen molar-refractivity contribution in [1.29, 1.82) is 0 Å². The van der Waals surface area contributed by atoms with E-state index in [1.165, 1.54) is 12.1 Å². The Labute approximate surface area is 229 Å². The number of nitrogens with zero attached hydrogens (tertiary/aromatic N) is 2. The first-order valence-corrected chi connectivity index (χ1v) is 13.7. The van der Waals surface area contributed by atoms with Gasteiger partial charge < -0.3 is 14.4 Å². The van der Waals surface area contributed by atoms with E-state index in [1.54, 1.807) is 12.1 Å². The summed E-state index contributed by atoms with van der Waals surface area (Å²) in [6, 6.07) is 10.1. The molecule has 8 nitrogen and oxygen atoms in total. The number of ether oxygens (including phenoxy) is 2. The fourth-order valence-corrected chi connectivity index (χ4v) is 6.33. The number of benzene rings is 2. The van der Waals surface area contributed by atoms with Crippen molar-refractivity contribution in [2.75, 3.05) is 13.7 Å². The summed E-state index contributed by atoms with van der Waals surface area (Å²) in [4.78, 5) is 39.4. The van der Waals surface area contributed by atoms with Crippen LogP contribution in [0.4, 0.5) is 5.69 Å². The van der Waals surface area contributed by atoms with Gasteiger partial charge in [0.1, 0.15) is 6.61 Å². The van der Waals surface area contributed by atoms with Gasteiger partial charge in [0.05, 0.1) is 16.0 Å². The highest BCUT2D eigenvalue weighted by Crippen LogP contribution is 2.50. The topological polar surface area (TPSA) is 99.0 Å². The Morgan fingerprint density at radius 1 is 1.00 bits per heavy atom. The summed E-state index contributed by atoms with van der Waals surface area (Å²) >= 11 is 3.64. The second-order valence-electron chi connectivity index (χ2n) is 9.74. The van der Waals surface area contributed by atoms with E-state index in [0.29, 0.717) is 52.1 Å². The van der Waals surface area contributed by atoms with E-state index in [0.717, 1.165) is 42.6 Å². The molecule has 38 heavy (non-hydrogen) atoms. The van der Waals surface area contributed by atoms with Crippen molar-refractivity contribution in [3.63, 3.8) is 0 Å². The molecule has 2 aliphatic carbocycles. The summed E-state index contributed by atoms with van der Waals surface area (Å²) < 4.78 is 12.7. The molecule has 3 aliphatic rings. The lowest BCUT2D eigenvalue weighted by molar-refractivity contribution is -0.384. The fraction of sp³-hybridized carbons (Fsp3) is 0.379. The van der Waals surface area contributed by atoms with Gasteiger partial charge in [0.25, 0.3) is 5.69 Å². The smallest absolute Gasteiger partial charge is 0.269 e. The number of Topliss-reactive ketones (excluding diaryl/α,β-unsaturated/α-hetero) is 2. The molecule has 0 aromatic heterocycles. The van der Waals surface area contributed by atoms with Gasteiger partial charge in [0.2, 0.25) is 0 Å². The number of nitro benzene ring substituents is 1. The lowest BCUT2D eigenvalue weighted by Crippen LogP contribution is -2.37. The zero-order valence-electron chi connectivity index (χ0n) is 21.4. The van der Waals surface area contributed by atoms with Gasteiger partial charge in [-0.25, -0.2) is 0 Å². The first-order valence-electron chi connectivity index (χ1n) is 12.9. The number of halogens is 1. The van der Waals surface area contributed by atoms with Crippen molar-refractivity contribution in [1.82, 2.24) is 4.90 Å². The van der Waals surface area contributed by atoms with Crippen LogP contribution in [-0.2, 0) is 16.2 Å². The Hall–Kier alpha value is -3.46. The molecule has 0 radical (unpaired) electrons. The summed E-state index contributed by atoms with van der Waals surface area (Å²) in [6.45, 7) is 2.36. The van der Waals surface area contributed by atoms with E-state index in [1.807, 2.05) is 26.1 Å². The van der Waals surface area contributed by atoms with E-state index >= 15 is 0 Å². The van der Waals surface area contributed by atoms with Gasteiger partial charge in [-0.2, -0.15) is 0 Å². The molecule has 0 spiro atoms. The molecule has 0 N–H and O–H groups in total. The molecule has 1 heterocycles. The van der Waals surface area contributed by atoms with Crippen molar-refractivity contribution in [3.05, 3.63) is 84.7 Å². The van der Waals surface area contributed by atoms with Crippen molar-refractivity contribution in [2.24, 2.45) is 0 Å². The van der Waals surface area contributed by atoms with E-state index in [-0.39, 0.29) is 23.9 Å². The molecular weight excluding hydrogens is 552 g/mol. The summed E-state index contributed by atoms with van der Waals surface area (Å²) in [6.07, 6.45) is 4.19. The van der Waals surface area contributed by atoms with Crippen LogP contribution < -0.4 is 9.47 Å². The van der Waals surface area contributed by atoms with Crippen LogP contribution in [0.2, 0.25) is 0 Å². The maximum absolute atomic E-state index is 13.3. The highest BCUT2D eigenvalue weighted by atomic mass is 79.9. The lowest BCUT2D eigenvalue weighted by Gasteiger charge is -2.42. The predicted molar refractivity (Wildman–Crippen MR) is 145 cm³/mol. The van der Waals surface area contributed by atoms with Crippen LogP contribution in [0.15, 0.2) is 63.4 Å². The Balaban J connectivity index is 1.57. The van der Waals surface area contributed by atoms with E-state index in [4.69, 9.17) is 9.47 Å². The van der Waals surface area contributed by atoms with Crippen LogP contribution in [-0.4, -0.2) is 35.0 Å². The molecule has 0 unspecified atom stereocenters. The van der Waals surface area contributed by atoms with Crippen molar-refractivity contribution in [3.8, 4) is 11.5 Å². The third-order valence-corrected chi connectivity index (χ3v) is 8.00. The van der Waals surface area contributed by atoms with Gasteiger partial charge in [0, 0.05) is 60.5 Å². The number of hydrogen-bond donors (Lipinski definition) is 0. The van der Waals surface area contributed by atoms with Gasteiger partial charge in [-0.1, -0.05) is 12.1 Å². The minimum atomic E-state index is -0.446. The highest BCUT2D eigenvalue weighted by Gasteiger charge is 2.42. The molecule has 5 rings (SSSR count). The third kappa shape index (κ3) is 4.75. The Morgan fingerprint density at radius 3 is 2.26 bits per heavy atom. The van der Waals surface area contributed by atoms with E-state index in [2.05, 4.69) is 20.8 Å². The average Bonchev–Trinajstić information content (AvgIpc) is 2.89. The number of rotatable bonds is 7. The van der Waals surface area contributed by atoms with Gasteiger partial charge in [0.15, 0.2) is 23.1 Å². The third-order valence-electron chi connectivity index (χ3n) is 7.41. The summed E-state index contributed by atoms with van der Waals surface area (Å²) in [5.74, 6) is 0.680. The van der Waals surface area contributed by atoms with Gasteiger partial charge in [-0.15, -0.1) is 0 Å².